The van der Waals surface area contributed by atoms with Gasteiger partial charge in [-0.15, -0.1) is 0 Å². The van der Waals surface area contributed by atoms with Gasteiger partial charge in [0, 0.05) is 18.6 Å². The van der Waals surface area contributed by atoms with Crippen molar-refractivity contribution >= 4 is 17.6 Å². The van der Waals surface area contributed by atoms with Crippen LogP contribution in [0.1, 0.15) is 25.7 Å². The fraction of sp³-hybridized carbons (Fsp3) is 0.562. The number of aliphatic hydroxyl groups is 1. The zero-order chi connectivity index (χ0) is 15.8. The molecule has 0 radical (unpaired) electrons. The Morgan fingerprint density at radius 2 is 2.09 bits per heavy atom. The first kappa shape index (κ1) is 16.9. The molecule has 0 aromatic heterocycles. The third kappa shape index (κ3) is 5.07. The summed E-state index contributed by atoms with van der Waals surface area (Å²) in [6.45, 7) is 0.874. The van der Waals surface area contributed by atoms with E-state index in [2.05, 4.69) is 10.6 Å². The van der Waals surface area contributed by atoms with E-state index >= 15 is 0 Å². The van der Waals surface area contributed by atoms with Gasteiger partial charge in [-0.1, -0.05) is 36.6 Å². The van der Waals surface area contributed by atoms with Gasteiger partial charge in [-0.2, -0.15) is 0 Å². The maximum atomic E-state index is 11.9. The van der Waals surface area contributed by atoms with E-state index in [1.165, 1.54) is 0 Å². The first-order valence-electron chi connectivity index (χ1n) is 7.73. The van der Waals surface area contributed by atoms with E-state index in [4.69, 9.17) is 16.3 Å². The summed E-state index contributed by atoms with van der Waals surface area (Å²) in [5.41, 5.74) is 0. The van der Waals surface area contributed by atoms with Gasteiger partial charge in [-0.3, -0.25) is 0 Å². The second kappa shape index (κ2) is 8.86. The predicted molar refractivity (Wildman–Crippen MR) is 86.3 cm³/mol. The molecule has 22 heavy (non-hydrogen) atoms. The van der Waals surface area contributed by atoms with Crippen molar-refractivity contribution in [1.82, 2.24) is 10.6 Å². The van der Waals surface area contributed by atoms with Crippen molar-refractivity contribution in [3.05, 3.63) is 29.3 Å². The Labute approximate surface area is 136 Å². The number of ether oxygens (including phenoxy) is 1. The zero-order valence-corrected chi connectivity index (χ0v) is 13.3. The number of nitrogens with one attached hydrogen (secondary N) is 2. The van der Waals surface area contributed by atoms with Crippen LogP contribution in [0, 0.1) is 5.92 Å². The summed E-state index contributed by atoms with van der Waals surface area (Å²) in [5, 5.41) is 15.6. The molecule has 6 heteroatoms. The van der Waals surface area contributed by atoms with Gasteiger partial charge in [0.05, 0.1) is 11.6 Å². The number of carbonyl (C=O) groups is 1. The molecular formula is C16H23ClN2O3. The topological polar surface area (TPSA) is 70.6 Å². The van der Waals surface area contributed by atoms with Crippen molar-refractivity contribution in [3.63, 3.8) is 0 Å². The second-order valence-electron chi connectivity index (χ2n) is 5.51. The van der Waals surface area contributed by atoms with Crippen LogP contribution in [0.4, 0.5) is 4.79 Å². The lowest BCUT2D eigenvalue weighted by atomic mass is 9.85. The second-order valence-corrected chi connectivity index (χ2v) is 5.92. The normalized spacial score (nSPS) is 21.2. The highest BCUT2D eigenvalue weighted by atomic mass is 35.5. The molecule has 2 amide bonds. The molecule has 2 atom stereocenters. The largest absolute Gasteiger partial charge is 0.490 e. The SMILES string of the molecule is O=C(NCCOc1ccccc1Cl)NC1CCCCC1CO. The van der Waals surface area contributed by atoms with Crippen molar-refractivity contribution in [3.8, 4) is 5.75 Å². The van der Waals surface area contributed by atoms with Gasteiger partial charge in [0.25, 0.3) is 0 Å². The van der Waals surface area contributed by atoms with E-state index in [0.717, 1.165) is 25.7 Å². The third-order valence-corrected chi connectivity index (χ3v) is 4.25. The van der Waals surface area contributed by atoms with Gasteiger partial charge < -0.3 is 20.5 Å². The number of amides is 2. The monoisotopic (exact) mass is 326 g/mol. The zero-order valence-electron chi connectivity index (χ0n) is 12.6. The molecule has 0 spiro atoms. The minimum Gasteiger partial charge on any atom is -0.490 e. The Bertz CT molecular complexity index is 484. The molecule has 1 aromatic carbocycles. The summed E-state index contributed by atoms with van der Waals surface area (Å²) in [7, 11) is 0. The molecule has 1 aromatic rings. The molecular weight excluding hydrogens is 304 g/mol. The fourth-order valence-corrected chi connectivity index (χ4v) is 2.91. The van der Waals surface area contributed by atoms with Crippen molar-refractivity contribution in [2.75, 3.05) is 19.8 Å². The Balaban J connectivity index is 1.66. The average molecular weight is 327 g/mol. The molecule has 0 saturated heterocycles. The lowest BCUT2D eigenvalue weighted by Gasteiger charge is -2.30. The number of carbonyl (C=O) groups excluding carboxylic acids is 1. The molecule has 122 valence electrons. The van der Waals surface area contributed by atoms with Crippen molar-refractivity contribution in [2.24, 2.45) is 5.92 Å². The molecule has 1 aliphatic carbocycles. The van der Waals surface area contributed by atoms with Crippen LogP contribution >= 0.6 is 11.6 Å². The van der Waals surface area contributed by atoms with Crippen molar-refractivity contribution < 1.29 is 14.6 Å². The van der Waals surface area contributed by atoms with E-state index < -0.39 is 0 Å². The summed E-state index contributed by atoms with van der Waals surface area (Å²) < 4.78 is 5.51. The van der Waals surface area contributed by atoms with Crippen LogP contribution in [-0.4, -0.2) is 36.9 Å². The van der Waals surface area contributed by atoms with Crippen LogP contribution in [0.5, 0.6) is 5.75 Å². The first-order valence-corrected chi connectivity index (χ1v) is 8.11. The van der Waals surface area contributed by atoms with Crippen LogP contribution in [0.2, 0.25) is 5.02 Å². The highest BCUT2D eigenvalue weighted by Crippen LogP contribution is 2.24. The lowest BCUT2D eigenvalue weighted by molar-refractivity contribution is 0.153. The van der Waals surface area contributed by atoms with Gasteiger partial charge in [-0.05, 0) is 25.0 Å². The minimum absolute atomic E-state index is 0.0586. The predicted octanol–water partition coefficient (Wildman–Crippen LogP) is 2.57. The van der Waals surface area contributed by atoms with E-state index in [1.807, 2.05) is 12.1 Å². The summed E-state index contributed by atoms with van der Waals surface area (Å²) in [5.74, 6) is 0.776. The van der Waals surface area contributed by atoms with Crippen LogP contribution in [0.25, 0.3) is 0 Å². The molecule has 5 nitrogen and oxygen atoms in total. The Hall–Kier alpha value is -1.46. The van der Waals surface area contributed by atoms with Gasteiger partial charge in [0.15, 0.2) is 0 Å². The number of urea groups is 1. The Morgan fingerprint density at radius 1 is 1.32 bits per heavy atom. The summed E-state index contributed by atoms with van der Waals surface area (Å²) >= 11 is 5.98. The number of rotatable bonds is 6. The van der Waals surface area contributed by atoms with Crippen LogP contribution in [0.15, 0.2) is 24.3 Å². The van der Waals surface area contributed by atoms with Crippen LogP contribution in [-0.2, 0) is 0 Å². The maximum absolute atomic E-state index is 11.9. The summed E-state index contributed by atoms with van der Waals surface area (Å²) in [6.07, 6.45) is 4.11. The molecule has 0 bridgehead atoms. The van der Waals surface area contributed by atoms with Crippen LogP contribution < -0.4 is 15.4 Å². The number of halogens is 1. The fourth-order valence-electron chi connectivity index (χ4n) is 2.72. The highest BCUT2D eigenvalue weighted by molar-refractivity contribution is 6.32. The van der Waals surface area contributed by atoms with E-state index in [0.29, 0.717) is 23.9 Å². The number of benzene rings is 1. The van der Waals surface area contributed by atoms with Gasteiger partial charge >= 0.3 is 6.03 Å². The number of para-hydroxylation sites is 1. The average Bonchev–Trinajstić information content (AvgIpc) is 2.53. The molecule has 1 saturated carbocycles. The Kier molecular flexibility index (Phi) is 6.80. The number of hydrogen-bond donors (Lipinski definition) is 3. The van der Waals surface area contributed by atoms with Crippen molar-refractivity contribution in [1.29, 1.82) is 0 Å². The van der Waals surface area contributed by atoms with Gasteiger partial charge in [0.1, 0.15) is 12.4 Å². The lowest BCUT2D eigenvalue weighted by Crippen LogP contribution is -2.48. The molecule has 2 rings (SSSR count). The van der Waals surface area contributed by atoms with Crippen LogP contribution in [0.3, 0.4) is 0 Å². The first-order chi connectivity index (χ1) is 10.7. The quantitative estimate of drug-likeness (QED) is 0.704. The minimum atomic E-state index is -0.215. The molecule has 1 fully saturated rings. The molecule has 0 aliphatic heterocycles. The molecule has 1 aliphatic rings. The van der Waals surface area contributed by atoms with E-state index in [1.54, 1.807) is 12.1 Å². The number of hydrogen-bond acceptors (Lipinski definition) is 3. The summed E-state index contributed by atoms with van der Waals surface area (Å²) in [6, 6.07) is 7.07. The highest BCUT2D eigenvalue weighted by Gasteiger charge is 2.25. The smallest absolute Gasteiger partial charge is 0.315 e. The third-order valence-electron chi connectivity index (χ3n) is 3.94. The van der Waals surface area contributed by atoms with Crippen molar-refractivity contribution in [2.45, 2.75) is 31.7 Å². The van der Waals surface area contributed by atoms with E-state index in [-0.39, 0.29) is 24.6 Å². The van der Waals surface area contributed by atoms with E-state index in [9.17, 15) is 9.90 Å². The maximum Gasteiger partial charge on any atom is 0.315 e. The number of aliphatic hydroxyl groups excluding tert-OH is 1. The molecule has 2 unspecified atom stereocenters. The molecule has 3 N–H and O–H groups in total. The standard InChI is InChI=1S/C16H23ClN2O3/c17-13-6-2-4-8-15(13)22-10-9-18-16(21)19-14-7-3-1-5-12(14)11-20/h2,4,6,8,12,14,20H,1,3,5,7,9-11H2,(H2,18,19,21). The van der Waals surface area contributed by atoms with Gasteiger partial charge in [-0.25, -0.2) is 4.79 Å². The van der Waals surface area contributed by atoms with Gasteiger partial charge in [0.2, 0.25) is 0 Å². The Morgan fingerprint density at radius 3 is 2.86 bits per heavy atom. The summed E-state index contributed by atoms with van der Waals surface area (Å²) in [4.78, 5) is 11.9. The molecule has 0 heterocycles.